The van der Waals surface area contributed by atoms with Crippen LogP contribution in [-0.4, -0.2) is 54.9 Å². The highest BCUT2D eigenvalue weighted by Gasteiger charge is 2.36. The third-order valence-corrected chi connectivity index (χ3v) is 7.49. The van der Waals surface area contributed by atoms with Crippen molar-refractivity contribution in [3.63, 3.8) is 0 Å². The van der Waals surface area contributed by atoms with E-state index < -0.39 is 11.7 Å². The van der Waals surface area contributed by atoms with E-state index in [1.807, 2.05) is 48.7 Å². The topological polar surface area (TPSA) is 61.9 Å². The number of halogens is 2. The van der Waals surface area contributed by atoms with Gasteiger partial charge in [-0.2, -0.15) is 0 Å². The van der Waals surface area contributed by atoms with Crippen molar-refractivity contribution in [2.75, 3.05) is 33.3 Å². The van der Waals surface area contributed by atoms with Crippen molar-refractivity contribution in [3.05, 3.63) is 112 Å². The quantitative estimate of drug-likeness (QED) is 0.426. The number of benzene rings is 3. The smallest absolute Gasteiger partial charge is 0.262 e. The van der Waals surface area contributed by atoms with Gasteiger partial charge in [0.2, 0.25) is 0 Å². The third-order valence-electron chi connectivity index (χ3n) is 7.18. The fourth-order valence-corrected chi connectivity index (χ4v) is 5.48. The van der Waals surface area contributed by atoms with Crippen LogP contribution in [0.3, 0.4) is 0 Å². The lowest BCUT2D eigenvalue weighted by Gasteiger charge is -2.24. The molecule has 1 N–H and O–H groups in total. The fourth-order valence-electron chi connectivity index (χ4n) is 5.24. The van der Waals surface area contributed by atoms with Crippen LogP contribution in [0.5, 0.6) is 5.75 Å². The van der Waals surface area contributed by atoms with Gasteiger partial charge >= 0.3 is 0 Å². The Hall–Kier alpha value is -3.68. The third kappa shape index (κ3) is 5.44. The van der Waals surface area contributed by atoms with Crippen LogP contribution in [0.2, 0.25) is 5.02 Å². The predicted octanol–water partition coefficient (Wildman–Crippen LogP) is 5.32. The van der Waals surface area contributed by atoms with E-state index in [-0.39, 0.29) is 28.5 Å². The van der Waals surface area contributed by atoms with Gasteiger partial charge in [-0.1, -0.05) is 60.1 Å². The molecule has 2 aliphatic rings. The summed E-state index contributed by atoms with van der Waals surface area (Å²) in [6, 6.07) is 21.2. The highest BCUT2D eigenvalue weighted by atomic mass is 35.5. The Kier molecular flexibility index (Phi) is 7.77. The number of hydrogen-bond donors (Lipinski definition) is 1. The van der Waals surface area contributed by atoms with Crippen LogP contribution in [0.1, 0.15) is 38.7 Å². The molecule has 3 aromatic carbocycles. The number of rotatable bonds is 8. The molecule has 0 aromatic heterocycles. The van der Waals surface area contributed by atoms with Crippen LogP contribution in [0, 0.1) is 11.7 Å². The lowest BCUT2D eigenvalue weighted by Crippen LogP contribution is -2.34. The van der Waals surface area contributed by atoms with E-state index in [1.54, 1.807) is 24.1 Å². The molecule has 1 unspecified atom stereocenters. The van der Waals surface area contributed by atoms with Crippen LogP contribution >= 0.6 is 11.6 Å². The number of ether oxygens (including phenoxy) is 1. The Balaban J connectivity index is 1.24. The van der Waals surface area contributed by atoms with Gasteiger partial charge in [-0.3, -0.25) is 14.5 Å². The first kappa shape index (κ1) is 25.9. The van der Waals surface area contributed by atoms with Crippen LogP contribution < -0.4 is 10.1 Å². The summed E-state index contributed by atoms with van der Waals surface area (Å²) >= 11 is 6.11. The van der Waals surface area contributed by atoms with Crippen molar-refractivity contribution in [1.29, 1.82) is 0 Å². The maximum Gasteiger partial charge on any atom is 0.262 e. The van der Waals surface area contributed by atoms with Crippen molar-refractivity contribution in [2.45, 2.75) is 12.5 Å². The van der Waals surface area contributed by atoms with Crippen LogP contribution in [0.4, 0.5) is 4.39 Å². The number of fused-ring (bicyclic) bond motifs is 1. The minimum Gasteiger partial charge on any atom is -0.496 e. The largest absolute Gasteiger partial charge is 0.496 e. The van der Waals surface area contributed by atoms with Crippen molar-refractivity contribution in [3.8, 4) is 5.75 Å². The average molecular weight is 534 g/mol. The van der Waals surface area contributed by atoms with Crippen molar-refractivity contribution in [2.24, 2.45) is 5.92 Å². The zero-order valence-electron chi connectivity index (χ0n) is 21.1. The molecule has 0 spiro atoms. The monoisotopic (exact) mass is 533 g/mol. The Morgan fingerprint density at radius 1 is 1.05 bits per heavy atom. The normalized spacial score (nSPS) is 17.6. The molecule has 2 heterocycles. The Morgan fingerprint density at radius 2 is 1.82 bits per heavy atom. The van der Waals surface area contributed by atoms with Gasteiger partial charge in [0, 0.05) is 38.3 Å². The maximum atomic E-state index is 14.3. The number of hydrogen-bond acceptors (Lipinski definition) is 4. The molecular formula is C30H29ClFN3O3. The number of nitrogens with zero attached hydrogens (tertiary/aromatic N) is 2. The summed E-state index contributed by atoms with van der Waals surface area (Å²) in [5, 5.41) is 3.31. The molecule has 2 amide bonds. The van der Waals surface area contributed by atoms with E-state index in [2.05, 4.69) is 10.2 Å². The highest BCUT2D eigenvalue weighted by Crippen LogP contribution is 2.32. The summed E-state index contributed by atoms with van der Waals surface area (Å²) in [7, 11) is 1.55. The first-order valence-corrected chi connectivity index (χ1v) is 13.0. The van der Waals surface area contributed by atoms with Gasteiger partial charge in [-0.25, -0.2) is 4.39 Å². The van der Waals surface area contributed by atoms with Crippen molar-refractivity contribution < 1.29 is 18.7 Å². The Bertz CT molecular complexity index is 1340. The van der Waals surface area contributed by atoms with E-state index in [0.29, 0.717) is 17.9 Å². The molecule has 0 radical (unpaired) electrons. The lowest BCUT2D eigenvalue weighted by atomic mass is 10.0. The number of methoxy groups -OCH3 is 1. The number of para-hydroxylation sites is 1. The molecular weight excluding hydrogens is 505 g/mol. The van der Waals surface area contributed by atoms with E-state index in [1.165, 1.54) is 18.2 Å². The van der Waals surface area contributed by atoms with Gasteiger partial charge in [0.15, 0.2) is 0 Å². The van der Waals surface area contributed by atoms with Gasteiger partial charge in [0.25, 0.3) is 11.8 Å². The van der Waals surface area contributed by atoms with Gasteiger partial charge in [0.1, 0.15) is 11.6 Å². The number of likely N-dealkylation sites (tertiary alicyclic amines) is 1. The molecule has 0 aliphatic carbocycles. The molecule has 2 atom stereocenters. The summed E-state index contributed by atoms with van der Waals surface area (Å²) in [5.74, 6) is -0.473. The molecule has 0 bridgehead atoms. The van der Waals surface area contributed by atoms with Gasteiger partial charge in [-0.05, 0) is 41.8 Å². The molecule has 1 fully saturated rings. The second-order valence-corrected chi connectivity index (χ2v) is 10.0. The van der Waals surface area contributed by atoms with Gasteiger partial charge in [0.05, 0.1) is 29.3 Å². The van der Waals surface area contributed by atoms with Crippen LogP contribution in [0.25, 0.3) is 0 Å². The van der Waals surface area contributed by atoms with Crippen LogP contribution in [0.15, 0.2) is 84.6 Å². The molecule has 0 saturated carbocycles. The lowest BCUT2D eigenvalue weighted by molar-refractivity contribution is 0.0816. The van der Waals surface area contributed by atoms with E-state index >= 15 is 0 Å². The second kappa shape index (κ2) is 11.4. The van der Waals surface area contributed by atoms with Gasteiger partial charge < -0.3 is 15.0 Å². The van der Waals surface area contributed by atoms with E-state index in [0.717, 1.165) is 37.2 Å². The number of carbonyl (C=O) groups excluding carboxylic acids is 2. The highest BCUT2D eigenvalue weighted by molar-refractivity contribution is 6.33. The molecule has 3 aromatic rings. The Labute approximate surface area is 226 Å². The maximum absolute atomic E-state index is 14.3. The Morgan fingerprint density at radius 3 is 2.55 bits per heavy atom. The number of carbonyl (C=O) groups is 2. The molecule has 2 aliphatic heterocycles. The standard InChI is InChI=1S/C30H29ClFN3O3/c1-38-27-13-6-5-10-23(27)29(36)33-26(20-8-3-2-4-9-20)14-15-34-16-21-18-35(19-22(21)17-34)30(37)28-24(31)11-7-12-25(28)32/h2-13,18,22,26H,14-17,19H2,1H3,(H,33,36)/t22?,26-/m0/s1. The first-order valence-electron chi connectivity index (χ1n) is 12.6. The summed E-state index contributed by atoms with van der Waals surface area (Å²) in [6.45, 7) is 2.79. The SMILES string of the molecule is COc1ccccc1C(=O)N[C@@H](CCN1CC2=CN(C(=O)c3c(F)cccc3Cl)CC2C1)c1ccccc1. The number of nitrogens with one attached hydrogen (secondary N) is 1. The fraction of sp³-hybridized carbons (Fsp3) is 0.267. The first-order chi connectivity index (χ1) is 18.4. The minimum atomic E-state index is -0.610. The molecule has 8 heteroatoms. The summed E-state index contributed by atoms with van der Waals surface area (Å²) in [4.78, 5) is 30.0. The molecule has 1 saturated heterocycles. The molecule has 196 valence electrons. The van der Waals surface area contributed by atoms with Crippen molar-refractivity contribution >= 4 is 23.4 Å². The summed E-state index contributed by atoms with van der Waals surface area (Å²) in [6.07, 6.45) is 2.56. The van der Waals surface area contributed by atoms with Crippen molar-refractivity contribution in [1.82, 2.24) is 15.1 Å². The zero-order valence-corrected chi connectivity index (χ0v) is 21.8. The molecule has 38 heavy (non-hydrogen) atoms. The zero-order chi connectivity index (χ0) is 26.6. The molecule has 5 rings (SSSR count). The molecule has 6 nitrogen and oxygen atoms in total. The summed E-state index contributed by atoms with van der Waals surface area (Å²) in [5.41, 5.74) is 2.60. The van der Waals surface area contributed by atoms with Gasteiger partial charge in [-0.15, -0.1) is 0 Å². The average Bonchev–Trinajstić information content (AvgIpc) is 3.50. The second-order valence-electron chi connectivity index (χ2n) is 9.62. The van der Waals surface area contributed by atoms with Crippen LogP contribution in [-0.2, 0) is 0 Å². The minimum absolute atomic E-state index is 0.0839. The summed E-state index contributed by atoms with van der Waals surface area (Å²) < 4.78 is 19.6. The predicted molar refractivity (Wildman–Crippen MR) is 145 cm³/mol. The van der Waals surface area contributed by atoms with E-state index in [4.69, 9.17) is 16.3 Å². The van der Waals surface area contributed by atoms with E-state index in [9.17, 15) is 14.0 Å². The number of amides is 2.